The van der Waals surface area contributed by atoms with Crippen LogP contribution in [0.25, 0.3) is 12.2 Å². The lowest BCUT2D eigenvalue weighted by molar-refractivity contribution is -0.385. The molecule has 0 spiro atoms. The fourth-order valence-electron chi connectivity index (χ4n) is 4.08. The van der Waals surface area contributed by atoms with Crippen LogP contribution in [0, 0.1) is 20.2 Å². The van der Waals surface area contributed by atoms with Gasteiger partial charge in [-0.1, -0.05) is 0 Å². The Morgan fingerprint density at radius 1 is 0.927 bits per heavy atom. The maximum atomic E-state index is 13.3. The van der Waals surface area contributed by atoms with Gasteiger partial charge in [-0.05, 0) is 45.1 Å². The molecule has 0 saturated carbocycles. The Kier molecular flexibility index (Phi) is 9.47. The van der Waals surface area contributed by atoms with Crippen molar-refractivity contribution in [3.63, 3.8) is 0 Å². The Hall–Kier alpha value is -4.75. The van der Waals surface area contributed by atoms with Crippen molar-refractivity contribution >= 4 is 35.4 Å². The normalized spacial score (nSPS) is 15.8. The molecule has 0 bridgehead atoms. The molecular weight excluding hydrogens is 532 g/mol. The summed E-state index contributed by atoms with van der Waals surface area (Å²) in [5, 5.41) is 23.3. The van der Waals surface area contributed by atoms with Crippen LogP contribution in [0.1, 0.15) is 43.9 Å². The van der Waals surface area contributed by atoms with Gasteiger partial charge in [0.25, 0.3) is 11.4 Å². The van der Waals surface area contributed by atoms with E-state index in [-0.39, 0.29) is 35.9 Å². The minimum absolute atomic E-state index is 0.134. The molecule has 0 aromatic carbocycles. The highest BCUT2D eigenvalue weighted by Gasteiger charge is 2.36. The number of amides is 1. The molecule has 0 aliphatic carbocycles. The molecule has 1 amide bonds. The third-order valence-corrected chi connectivity index (χ3v) is 5.94. The lowest BCUT2D eigenvalue weighted by Crippen LogP contribution is -2.52. The standard InChI is InChI=1S/C27H36N8O6/c1-27(2,3)41-26(36)33-17-16-32(25-11-10-23(35(39)40)21(29-25)13-15-31(6)7)18-24(33)19-8-9-22(34(37)38)20(28-19)12-14-30(4)5/h8-15,24H,16-18H2,1-7H3/b14-12+,15-13+. The monoisotopic (exact) mass is 568 g/mol. The Morgan fingerprint density at radius 2 is 1.46 bits per heavy atom. The van der Waals surface area contributed by atoms with E-state index < -0.39 is 27.6 Å². The van der Waals surface area contributed by atoms with Gasteiger partial charge >= 0.3 is 6.09 Å². The summed E-state index contributed by atoms with van der Waals surface area (Å²) in [6, 6.07) is 5.23. The van der Waals surface area contributed by atoms with Crippen LogP contribution in [0.4, 0.5) is 22.0 Å². The molecule has 1 unspecified atom stereocenters. The van der Waals surface area contributed by atoms with E-state index in [4.69, 9.17) is 4.74 Å². The van der Waals surface area contributed by atoms with Crippen molar-refractivity contribution in [2.75, 3.05) is 52.7 Å². The maximum Gasteiger partial charge on any atom is 0.410 e. The molecule has 1 fully saturated rings. The lowest BCUT2D eigenvalue weighted by Gasteiger charge is -2.42. The van der Waals surface area contributed by atoms with Crippen LogP contribution in [0.3, 0.4) is 0 Å². The van der Waals surface area contributed by atoms with Crippen LogP contribution >= 0.6 is 0 Å². The Labute approximate surface area is 238 Å². The number of aromatic nitrogens is 2. The summed E-state index contributed by atoms with van der Waals surface area (Å²) in [7, 11) is 7.17. The van der Waals surface area contributed by atoms with Crippen LogP contribution in [0.5, 0.6) is 0 Å². The lowest BCUT2D eigenvalue weighted by atomic mass is 10.1. The summed E-state index contributed by atoms with van der Waals surface area (Å²) >= 11 is 0. The zero-order chi connectivity index (χ0) is 30.5. The van der Waals surface area contributed by atoms with E-state index >= 15 is 0 Å². The predicted molar refractivity (Wildman–Crippen MR) is 155 cm³/mol. The van der Waals surface area contributed by atoms with Crippen LogP contribution in [-0.2, 0) is 4.74 Å². The first-order chi connectivity index (χ1) is 19.2. The largest absolute Gasteiger partial charge is 0.444 e. The smallest absolute Gasteiger partial charge is 0.410 e. The van der Waals surface area contributed by atoms with Gasteiger partial charge in [0.2, 0.25) is 0 Å². The van der Waals surface area contributed by atoms with E-state index in [1.54, 1.807) is 94.3 Å². The molecule has 1 aliphatic rings. The zero-order valence-corrected chi connectivity index (χ0v) is 24.3. The average Bonchev–Trinajstić information content (AvgIpc) is 2.88. The Balaban J connectivity index is 2.07. The number of pyridine rings is 2. The summed E-state index contributed by atoms with van der Waals surface area (Å²) < 4.78 is 5.66. The summed E-state index contributed by atoms with van der Waals surface area (Å²) in [4.78, 5) is 51.6. The van der Waals surface area contributed by atoms with Crippen molar-refractivity contribution in [3.8, 4) is 0 Å². The van der Waals surface area contributed by atoms with E-state index in [1.807, 2.05) is 4.90 Å². The number of piperazine rings is 1. The minimum Gasteiger partial charge on any atom is -0.444 e. The number of hydrogen-bond acceptors (Lipinski definition) is 11. The second kappa shape index (κ2) is 12.6. The van der Waals surface area contributed by atoms with E-state index in [0.717, 1.165) is 0 Å². The topological polar surface area (TPSA) is 151 Å². The first-order valence-electron chi connectivity index (χ1n) is 12.9. The van der Waals surface area contributed by atoms with E-state index in [1.165, 1.54) is 18.2 Å². The quantitative estimate of drug-likeness (QED) is 0.333. The molecule has 3 rings (SSSR count). The number of nitro groups is 2. The van der Waals surface area contributed by atoms with Crippen molar-refractivity contribution < 1.29 is 19.4 Å². The van der Waals surface area contributed by atoms with Crippen LogP contribution in [-0.4, -0.2) is 94.0 Å². The zero-order valence-electron chi connectivity index (χ0n) is 24.3. The van der Waals surface area contributed by atoms with E-state index in [9.17, 15) is 25.0 Å². The highest BCUT2D eigenvalue weighted by atomic mass is 16.6. The summed E-state index contributed by atoms with van der Waals surface area (Å²) in [6.07, 6.45) is 5.89. The van der Waals surface area contributed by atoms with Crippen molar-refractivity contribution in [2.45, 2.75) is 32.4 Å². The summed E-state index contributed by atoms with van der Waals surface area (Å²) in [5.74, 6) is 0.484. The van der Waals surface area contributed by atoms with Crippen molar-refractivity contribution in [3.05, 3.63) is 74.0 Å². The molecule has 0 N–H and O–H groups in total. The molecule has 0 radical (unpaired) electrons. The molecule has 2 aromatic heterocycles. The first kappa shape index (κ1) is 30.8. The molecule has 1 aliphatic heterocycles. The molecule has 14 nitrogen and oxygen atoms in total. The fourth-order valence-corrected chi connectivity index (χ4v) is 4.08. The Morgan fingerprint density at radius 3 is 1.98 bits per heavy atom. The Bertz CT molecular complexity index is 1350. The van der Waals surface area contributed by atoms with Gasteiger partial charge in [0, 0.05) is 72.4 Å². The fraction of sp³-hybridized carbons (Fsp3) is 0.444. The van der Waals surface area contributed by atoms with Gasteiger partial charge in [-0.25, -0.2) is 14.8 Å². The number of ether oxygens (including phenoxy) is 1. The molecule has 14 heteroatoms. The van der Waals surface area contributed by atoms with E-state index in [0.29, 0.717) is 18.1 Å². The van der Waals surface area contributed by atoms with Gasteiger partial charge < -0.3 is 19.4 Å². The third-order valence-electron chi connectivity index (χ3n) is 5.94. The second-order valence-electron chi connectivity index (χ2n) is 10.9. The van der Waals surface area contributed by atoms with E-state index in [2.05, 4.69) is 9.97 Å². The maximum absolute atomic E-state index is 13.3. The summed E-state index contributed by atoms with van der Waals surface area (Å²) in [6.45, 7) is 6.15. The van der Waals surface area contributed by atoms with Gasteiger partial charge in [0.1, 0.15) is 22.8 Å². The third kappa shape index (κ3) is 8.13. The minimum atomic E-state index is -0.741. The van der Waals surface area contributed by atoms with Crippen LogP contribution < -0.4 is 4.90 Å². The molecule has 1 saturated heterocycles. The number of hydrogen-bond donors (Lipinski definition) is 0. The average molecular weight is 569 g/mol. The molecule has 41 heavy (non-hydrogen) atoms. The van der Waals surface area contributed by atoms with Crippen molar-refractivity contribution in [1.82, 2.24) is 24.7 Å². The first-order valence-corrected chi connectivity index (χ1v) is 12.9. The SMILES string of the molecule is CN(C)/C=C/c1nc(C2CN(c3ccc([N+](=O)[O-])c(/C=C/N(C)C)n3)CCN2C(=O)OC(C)(C)C)ccc1[N+](=O)[O-]. The number of carbonyl (C=O) groups excluding carboxylic acids is 1. The highest BCUT2D eigenvalue weighted by molar-refractivity contribution is 5.70. The summed E-state index contributed by atoms with van der Waals surface area (Å²) in [5.41, 5.74) is -0.277. The number of nitrogens with zero attached hydrogens (tertiary/aromatic N) is 8. The van der Waals surface area contributed by atoms with Crippen molar-refractivity contribution in [2.24, 2.45) is 0 Å². The second-order valence-corrected chi connectivity index (χ2v) is 10.9. The molecule has 1 atom stereocenters. The highest BCUT2D eigenvalue weighted by Crippen LogP contribution is 2.32. The van der Waals surface area contributed by atoms with Gasteiger partial charge in [-0.15, -0.1) is 0 Å². The van der Waals surface area contributed by atoms with Gasteiger partial charge in [0.15, 0.2) is 0 Å². The van der Waals surface area contributed by atoms with Gasteiger partial charge in [0.05, 0.1) is 21.6 Å². The molecule has 220 valence electrons. The molecule has 2 aromatic rings. The number of rotatable bonds is 8. The van der Waals surface area contributed by atoms with Gasteiger partial charge in [-0.2, -0.15) is 0 Å². The van der Waals surface area contributed by atoms with Gasteiger partial charge in [-0.3, -0.25) is 25.1 Å². The molecular formula is C27H36N8O6. The van der Waals surface area contributed by atoms with Crippen LogP contribution in [0.15, 0.2) is 36.7 Å². The van der Waals surface area contributed by atoms with Crippen molar-refractivity contribution in [1.29, 1.82) is 0 Å². The van der Waals surface area contributed by atoms with Crippen LogP contribution in [0.2, 0.25) is 0 Å². The molecule has 3 heterocycles. The number of anilines is 1. The predicted octanol–water partition coefficient (Wildman–Crippen LogP) is 4.16. The number of carbonyl (C=O) groups is 1.